The second kappa shape index (κ2) is 5.81. The average molecular weight is 284 g/mol. The molecular formula is C14H20O4S. The number of benzene rings is 1. The molecule has 1 N–H and O–H groups in total. The van der Waals surface area contributed by atoms with Crippen molar-refractivity contribution in [1.29, 1.82) is 0 Å². The van der Waals surface area contributed by atoms with Gasteiger partial charge in [0.1, 0.15) is 11.9 Å². The van der Waals surface area contributed by atoms with Gasteiger partial charge < -0.3 is 19.1 Å². The van der Waals surface area contributed by atoms with Crippen molar-refractivity contribution in [3.63, 3.8) is 0 Å². The van der Waals surface area contributed by atoms with Crippen LogP contribution in [0, 0.1) is 0 Å². The summed E-state index contributed by atoms with van der Waals surface area (Å²) in [7, 11) is 0. The van der Waals surface area contributed by atoms with Crippen LogP contribution in [0.3, 0.4) is 0 Å². The average Bonchev–Trinajstić information content (AvgIpc) is 2.68. The molecule has 1 aromatic carbocycles. The summed E-state index contributed by atoms with van der Waals surface area (Å²) in [6.07, 6.45) is -0.637. The van der Waals surface area contributed by atoms with Crippen molar-refractivity contribution < 1.29 is 19.1 Å². The highest BCUT2D eigenvalue weighted by atomic mass is 32.2. The first-order valence-electron chi connectivity index (χ1n) is 6.35. The minimum Gasteiger partial charge on any atom is -0.611 e. The first-order valence-corrected chi connectivity index (χ1v) is 7.67. The van der Waals surface area contributed by atoms with E-state index in [1.54, 1.807) is 31.2 Å². The highest BCUT2D eigenvalue weighted by molar-refractivity contribution is 7.91. The molecule has 1 fully saturated rings. The van der Waals surface area contributed by atoms with Crippen molar-refractivity contribution in [2.75, 3.05) is 12.4 Å². The molecular weight excluding hydrogens is 264 g/mol. The maximum atomic E-state index is 12.2. The monoisotopic (exact) mass is 284 g/mol. The number of rotatable bonds is 4. The molecule has 3 unspecified atom stereocenters. The minimum atomic E-state index is -1.11. The van der Waals surface area contributed by atoms with Crippen molar-refractivity contribution in [3.8, 4) is 0 Å². The first kappa shape index (κ1) is 14.8. The molecule has 0 amide bonds. The summed E-state index contributed by atoms with van der Waals surface area (Å²) in [6, 6.07) is 7.18. The van der Waals surface area contributed by atoms with E-state index >= 15 is 0 Å². The zero-order chi connectivity index (χ0) is 14.0. The third-order valence-electron chi connectivity index (χ3n) is 3.03. The molecule has 0 radical (unpaired) electrons. The number of hydrogen-bond donors (Lipinski definition) is 1. The van der Waals surface area contributed by atoms with E-state index in [0.29, 0.717) is 12.4 Å². The number of aliphatic hydroxyl groups excluding tert-OH is 1. The molecule has 1 aromatic rings. The lowest BCUT2D eigenvalue weighted by Gasteiger charge is -2.18. The van der Waals surface area contributed by atoms with E-state index in [1.165, 1.54) is 0 Å². The summed E-state index contributed by atoms with van der Waals surface area (Å²) in [5.74, 6) is -0.150. The quantitative estimate of drug-likeness (QED) is 0.859. The van der Waals surface area contributed by atoms with Gasteiger partial charge >= 0.3 is 0 Å². The number of hydrogen-bond acceptors (Lipinski definition) is 4. The summed E-state index contributed by atoms with van der Waals surface area (Å²) in [6.45, 7) is 5.89. The Morgan fingerprint density at radius 3 is 2.53 bits per heavy atom. The second-order valence-corrected chi connectivity index (χ2v) is 6.70. The summed E-state index contributed by atoms with van der Waals surface area (Å²) in [4.78, 5) is 0.748. The lowest BCUT2D eigenvalue weighted by Crippen LogP contribution is -2.26. The summed E-state index contributed by atoms with van der Waals surface area (Å²) in [5, 5.41) is 9.43. The van der Waals surface area contributed by atoms with Crippen LogP contribution < -0.4 is 0 Å². The lowest BCUT2D eigenvalue weighted by atomic mass is 10.1. The molecule has 0 bridgehead atoms. The van der Waals surface area contributed by atoms with Crippen molar-refractivity contribution in [3.05, 3.63) is 29.8 Å². The Kier molecular flexibility index (Phi) is 4.53. The first-order chi connectivity index (χ1) is 8.87. The fourth-order valence-corrected chi connectivity index (χ4v) is 3.14. The lowest BCUT2D eigenvalue weighted by molar-refractivity contribution is -0.135. The molecule has 0 saturated carbocycles. The van der Waals surface area contributed by atoms with Gasteiger partial charge in [-0.2, -0.15) is 0 Å². The van der Waals surface area contributed by atoms with Crippen molar-refractivity contribution in [1.82, 2.24) is 0 Å². The van der Waals surface area contributed by atoms with Gasteiger partial charge in [0.05, 0.1) is 12.7 Å². The van der Waals surface area contributed by atoms with Crippen LogP contribution in [-0.4, -0.2) is 33.9 Å². The van der Waals surface area contributed by atoms with E-state index in [0.717, 1.165) is 10.5 Å². The molecule has 2 rings (SSSR count). The van der Waals surface area contributed by atoms with Gasteiger partial charge in [-0.3, -0.25) is 0 Å². The summed E-state index contributed by atoms with van der Waals surface area (Å²) < 4.78 is 23.3. The van der Waals surface area contributed by atoms with Crippen LogP contribution in [0.1, 0.15) is 32.4 Å². The Labute approximate surface area is 116 Å². The number of ether oxygens (including phenoxy) is 2. The van der Waals surface area contributed by atoms with Gasteiger partial charge in [-0.05, 0) is 49.6 Å². The van der Waals surface area contributed by atoms with E-state index in [4.69, 9.17) is 9.47 Å². The molecule has 1 aliphatic rings. The highest BCUT2D eigenvalue weighted by Crippen LogP contribution is 2.25. The van der Waals surface area contributed by atoms with Crippen molar-refractivity contribution >= 4 is 11.2 Å². The Hall–Kier alpha value is -0.590. The van der Waals surface area contributed by atoms with Gasteiger partial charge in [0.25, 0.3) is 0 Å². The molecule has 0 spiro atoms. The van der Waals surface area contributed by atoms with Crippen LogP contribution in [-0.2, 0) is 20.6 Å². The Morgan fingerprint density at radius 2 is 2.05 bits per heavy atom. The Bertz CT molecular complexity index is 416. The van der Waals surface area contributed by atoms with Crippen LogP contribution >= 0.6 is 0 Å². The van der Waals surface area contributed by atoms with Gasteiger partial charge in [0.2, 0.25) is 0 Å². The molecule has 19 heavy (non-hydrogen) atoms. The number of aliphatic hydroxyl groups is 1. The standard InChI is InChI=1S/C14H20O4S/c1-10(15)11-4-6-13(7-5-11)19(16)9-12-8-17-14(2,3)18-12/h4-7,10,12,15H,8-9H2,1-3H3. The fourth-order valence-electron chi connectivity index (χ4n) is 2.01. The highest BCUT2D eigenvalue weighted by Gasteiger charge is 2.35. The molecule has 5 heteroatoms. The predicted octanol–water partition coefficient (Wildman–Crippen LogP) is 2.00. The normalized spacial score (nSPS) is 25.2. The molecule has 3 atom stereocenters. The van der Waals surface area contributed by atoms with E-state index in [-0.39, 0.29) is 6.10 Å². The molecule has 0 aliphatic carbocycles. The van der Waals surface area contributed by atoms with Gasteiger partial charge in [-0.1, -0.05) is 12.1 Å². The van der Waals surface area contributed by atoms with Crippen LogP contribution in [0.15, 0.2) is 29.2 Å². The molecule has 1 heterocycles. The zero-order valence-electron chi connectivity index (χ0n) is 11.5. The molecule has 4 nitrogen and oxygen atoms in total. The topological polar surface area (TPSA) is 61.8 Å². The largest absolute Gasteiger partial charge is 0.611 e. The molecule has 0 aromatic heterocycles. The predicted molar refractivity (Wildman–Crippen MR) is 73.3 cm³/mol. The third kappa shape index (κ3) is 3.94. The van der Waals surface area contributed by atoms with E-state index in [2.05, 4.69) is 0 Å². The van der Waals surface area contributed by atoms with Crippen LogP contribution in [0.5, 0.6) is 0 Å². The summed E-state index contributed by atoms with van der Waals surface area (Å²) >= 11 is -1.11. The van der Waals surface area contributed by atoms with Crippen molar-refractivity contribution in [2.24, 2.45) is 0 Å². The summed E-state index contributed by atoms with van der Waals surface area (Å²) in [5.41, 5.74) is 0.822. The molecule has 1 saturated heterocycles. The zero-order valence-corrected chi connectivity index (χ0v) is 12.3. The minimum absolute atomic E-state index is 0.132. The Balaban J connectivity index is 1.94. The van der Waals surface area contributed by atoms with E-state index < -0.39 is 23.1 Å². The maximum absolute atomic E-state index is 12.2. The van der Waals surface area contributed by atoms with Gasteiger partial charge in [0, 0.05) is 0 Å². The molecule has 106 valence electrons. The van der Waals surface area contributed by atoms with Gasteiger partial charge in [0.15, 0.2) is 10.7 Å². The molecule has 1 aliphatic heterocycles. The van der Waals surface area contributed by atoms with E-state index in [1.807, 2.05) is 13.8 Å². The smallest absolute Gasteiger partial charge is 0.163 e. The third-order valence-corrected chi connectivity index (χ3v) is 4.50. The fraction of sp³-hybridized carbons (Fsp3) is 0.571. The van der Waals surface area contributed by atoms with Crippen LogP contribution in [0.2, 0.25) is 0 Å². The SMILES string of the molecule is CC(O)c1ccc([S+]([O-])CC2COC(C)(C)O2)cc1. The van der Waals surface area contributed by atoms with Gasteiger partial charge in [-0.15, -0.1) is 0 Å². The van der Waals surface area contributed by atoms with Crippen molar-refractivity contribution in [2.45, 2.75) is 43.7 Å². The van der Waals surface area contributed by atoms with Crippen LogP contribution in [0.4, 0.5) is 0 Å². The van der Waals surface area contributed by atoms with E-state index in [9.17, 15) is 9.66 Å². The van der Waals surface area contributed by atoms with Gasteiger partial charge in [-0.25, -0.2) is 0 Å². The maximum Gasteiger partial charge on any atom is 0.163 e. The Morgan fingerprint density at radius 1 is 1.42 bits per heavy atom. The van der Waals surface area contributed by atoms with Crippen LogP contribution in [0.25, 0.3) is 0 Å². The second-order valence-electron chi connectivity index (χ2n) is 5.21.